The Balaban J connectivity index is 1.87. The summed E-state index contributed by atoms with van der Waals surface area (Å²) in [6, 6.07) is 11.2. The lowest BCUT2D eigenvalue weighted by atomic mass is 10.2. The number of carbonyl (C=O) groups is 1. The van der Waals surface area contributed by atoms with Crippen LogP contribution in [0.5, 0.6) is 0 Å². The van der Waals surface area contributed by atoms with E-state index in [4.69, 9.17) is 4.42 Å². The highest BCUT2D eigenvalue weighted by Gasteiger charge is 2.20. The molecule has 0 radical (unpaired) electrons. The molecule has 1 amide bonds. The fraction of sp³-hybridized carbons (Fsp3) is 0.222. The van der Waals surface area contributed by atoms with Crippen molar-refractivity contribution in [3.05, 3.63) is 65.7 Å². The van der Waals surface area contributed by atoms with Crippen LogP contribution in [0.4, 0.5) is 0 Å². The standard InChI is InChI=1S/C18H18N2O3/c1-13-4-5-16-15(9-13)10-17(23-16)18(22)20(7-8-21)12-14-3-2-6-19-11-14/h2-6,9-11,21H,7-8,12H2,1H3. The van der Waals surface area contributed by atoms with Crippen molar-refractivity contribution < 1.29 is 14.3 Å². The van der Waals surface area contributed by atoms with E-state index in [-0.39, 0.29) is 24.8 Å². The first-order valence-electron chi connectivity index (χ1n) is 7.46. The van der Waals surface area contributed by atoms with Crippen LogP contribution >= 0.6 is 0 Å². The molecule has 0 bridgehead atoms. The fourth-order valence-corrected chi connectivity index (χ4v) is 2.51. The minimum atomic E-state index is -0.239. The molecule has 0 aliphatic heterocycles. The third-order valence-electron chi connectivity index (χ3n) is 3.64. The lowest BCUT2D eigenvalue weighted by molar-refractivity contribution is 0.0678. The zero-order valence-electron chi connectivity index (χ0n) is 12.9. The average molecular weight is 310 g/mol. The summed E-state index contributed by atoms with van der Waals surface area (Å²) < 4.78 is 5.66. The minimum Gasteiger partial charge on any atom is -0.451 e. The first kappa shape index (κ1) is 15.2. The number of furan rings is 1. The van der Waals surface area contributed by atoms with E-state index in [1.165, 1.54) is 0 Å². The van der Waals surface area contributed by atoms with Crippen LogP contribution in [0.2, 0.25) is 0 Å². The molecule has 0 fully saturated rings. The number of pyridine rings is 1. The molecule has 0 spiro atoms. The van der Waals surface area contributed by atoms with Crippen molar-refractivity contribution in [3.63, 3.8) is 0 Å². The molecule has 0 saturated heterocycles. The summed E-state index contributed by atoms with van der Waals surface area (Å²) in [4.78, 5) is 18.3. The van der Waals surface area contributed by atoms with Crippen LogP contribution in [0.1, 0.15) is 21.7 Å². The zero-order chi connectivity index (χ0) is 16.2. The van der Waals surface area contributed by atoms with Gasteiger partial charge in [0, 0.05) is 30.9 Å². The van der Waals surface area contributed by atoms with Crippen molar-refractivity contribution in [2.75, 3.05) is 13.2 Å². The van der Waals surface area contributed by atoms with Crippen LogP contribution in [-0.4, -0.2) is 34.0 Å². The van der Waals surface area contributed by atoms with Crippen LogP contribution in [0.25, 0.3) is 11.0 Å². The van der Waals surface area contributed by atoms with Crippen molar-refractivity contribution >= 4 is 16.9 Å². The predicted molar refractivity (Wildman–Crippen MR) is 87.0 cm³/mol. The van der Waals surface area contributed by atoms with Crippen molar-refractivity contribution in [1.29, 1.82) is 0 Å². The highest BCUT2D eigenvalue weighted by molar-refractivity contribution is 5.96. The molecular formula is C18H18N2O3. The van der Waals surface area contributed by atoms with Crippen molar-refractivity contribution in [2.45, 2.75) is 13.5 Å². The molecule has 0 atom stereocenters. The third-order valence-corrected chi connectivity index (χ3v) is 3.64. The quantitative estimate of drug-likeness (QED) is 0.787. The highest BCUT2D eigenvalue weighted by atomic mass is 16.3. The Bertz CT molecular complexity index is 812. The fourth-order valence-electron chi connectivity index (χ4n) is 2.51. The lowest BCUT2D eigenvalue weighted by Gasteiger charge is -2.20. The van der Waals surface area contributed by atoms with Crippen molar-refractivity contribution in [2.24, 2.45) is 0 Å². The number of benzene rings is 1. The maximum Gasteiger partial charge on any atom is 0.289 e. The van der Waals surface area contributed by atoms with Gasteiger partial charge in [-0.15, -0.1) is 0 Å². The van der Waals surface area contributed by atoms with Gasteiger partial charge in [0.25, 0.3) is 5.91 Å². The molecule has 23 heavy (non-hydrogen) atoms. The van der Waals surface area contributed by atoms with Gasteiger partial charge in [0.05, 0.1) is 6.61 Å². The van der Waals surface area contributed by atoms with E-state index in [1.54, 1.807) is 23.4 Å². The van der Waals surface area contributed by atoms with E-state index in [1.807, 2.05) is 37.3 Å². The Morgan fingerprint density at radius 1 is 1.30 bits per heavy atom. The van der Waals surface area contributed by atoms with Crippen LogP contribution in [0, 0.1) is 6.92 Å². The average Bonchev–Trinajstić information content (AvgIpc) is 2.98. The van der Waals surface area contributed by atoms with Gasteiger partial charge in [-0.1, -0.05) is 17.7 Å². The molecule has 2 heterocycles. The molecule has 118 valence electrons. The number of hydrogen-bond acceptors (Lipinski definition) is 4. The number of hydrogen-bond donors (Lipinski definition) is 1. The van der Waals surface area contributed by atoms with Gasteiger partial charge in [-0.2, -0.15) is 0 Å². The molecule has 1 aromatic carbocycles. The molecule has 5 nitrogen and oxygen atoms in total. The van der Waals surface area contributed by atoms with Crippen LogP contribution in [0.15, 0.2) is 53.2 Å². The Morgan fingerprint density at radius 3 is 2.91 bits per heavy atom. The second kappa shape index (κ2) is 6.62. The summed E-state index contributed by atoms with van der Waals surface area (Å²) in [6.45, 7) is 2.51. The third kappa shape index (κ3) is 3.40. The number of nitrogens with zero attached hydrogens (tertiary/aromatic N) is 2. The largest absolute Gasteiger partial charge is 0.451 e. The van der Waals surface area contributed by atoms with E-state index < -0.39 is 0 Å². The number of carbonyl (C=O) groups excluding carboxylic acids is 1. The zero-order valence-corrected chi connectivity index (χ0v) is 12.9. The van der Waals surface area contributed by atoms with Crippen LogP contribution in [0.3, 0.4) is 0 Å². The minimum absolute atomic E-state index is 0.106. The van der Waals surface area contributed by atoms with Gasteiger partial charge in [-0.05, 0) is 36.8 Å². The molecule has 2 aromatic heterocycles. The number of aromatic nitrogens is 1. The summed E-state index contributed by atoms with van der Waals surface area (Å²) in [6.07, 6.45) is 3.39. The Hall–Kier alpha value is -2.66. The van der Waals surface area contributed by atoms with Gasteiger partial charge in [-0.3, -0.25) is 9.78 Å². The second-order valence-corrected chi connectivity index (χ2v) is 5.46. The first-order chi connectivity index (χ1) is 11.2. The summed E-state index contributed by atoms with van der Waals surface area (Å²) >= 11 is 0. The molecule has 3 aromatic rings. The summed E-state index contributed by atoms with van der Waals surface area (Å²) in [5.74, 6) is 0.0414. The van der Waals surface area contributed by atoms with E-state index in [0.29, 0.717) is 12.1 Å². The summed E-state index contributed by atoms with van der Waals surface area (Å²) in [5, 5.41) is 10.1. The summed E-state index contributed by atoms with van der Waals surface area (Å²) in [7, 11) is 0. The van der Waals surface area contributed by atoms with Gasteiger partial charge >= 0.3 is 0 Å². The lowest BCUT2D eigenvalue weighted by Crippen LogP contribution is -2.32. The number of rotatable bonds is 5. The number of fused-ring (bicyclic) bond motifs is 1. The molecule has 1 N–H and O–H groups in total. The van der Waals surface area contributed by atoms with Gasteiger partial charge < -0.3 is 14.4 Å². The van der Waals surface area contributed by atoms with Crippen LogP contribution in [-0.2, 0) is 6.54 Å². The molecule has 0 aliphatic rings. The van der Waals surface area contributed by atoms with Gasteiger partial charge in [-0.25, -0.2) is 0 Å². The Kier molecular flexibility index (Phi) is 4.39. The summed E-state index contributed by atoms with van der Waals surface area (Å²) in [5.41, 5.74) is 2.70. The first-order valence-corrected chi connectivity index (χ1v) is 7.46. The molecular weight excluding hydrogens is 292 g/mol. The van der Waals surface area contributed by atoms with E-state index in [0.717, 1.165) is 16.5 Å². The maximum absolute atomic E-state index is 12.7. The predicted octanol–water partition coefficient (Wildman–Crippen LogP) is 2.77. The van der Waals surface area contributed by atoms with Crippen molar-refractivity contribution in [1.82, 2.24) is 9.88 Å². The number of amides is 1. The topological polar surface area (TPSA) is 66.6 Å². The smallest absolute Gasteiger partial charge is 0.289 e. The maximum atomic E-state index is 12.7. The molecule has 0 aliphatic carbocycles. The molecule has 5 heteroatoms. The van der Waals surface area contributed by atoms with Crippen LogP contribution < -0.4 is 0 Å². The molecule has 0 unspecified atom stereocenters. The SMILES string of the molecule is Cc1ccc2oc(C(=O)N(CCO)Cc3cccnc3)cc2c1. The number of aryl methyl sites for hydroxylation is 1. The van der Waals surface area contributed by atoms with Crippen molar-refractivity contribution in [3.8, 4) is 0 Å². The van der Waals surface area contributed by atoms with E-state index in [9.17, 15) is 9.90 Å². The van der Waals surface area contributed by atoms with Gasteiger partial charge in [0.2, 0.25) is 0 Å². The van der Waals surface area contributed by atoms with Gasteiger partial charge in [0.1, 0.15) is 5.58 Å². The molecule has 0 saturated carbocycles. The van der Waals surface area contributed by atoms with E-state index >= 15 is 0 Å². The monoisotopic (exact) mass is 310 g/mol. The van der Waals surface area contributed by atoms with E-state index in [2.05, 4.69) is 4.98 Å². The number of aliphatic hydroxyl groups is 1. The highest BCUT2D eigenvalue weighted by Crippen LogP contribution is 2.22. The Morgan fingerprint density at radius 2 is 2.17 bits per heavy atom. The Labute approximate surface area is 134 Å². The molecule has 3 rings (SSSR count). The number of aliphatic hydroxyl groups excluding tert-OH is 1. The normalized spacial score (nSPS) is 10.9. The van der Waals surface area contributed by atoms with Gasteiger partial charge in [0.15, 0.2) is 5.76 Å². The second-order valence-electron chi connectivity index (χ2n) is 5.46.